The normalized spacial score (nSPS) is 11.2. The van der Waals surface area contributed by atoms with Gasteiger partial charge in [-0.15, -0.1) is 0 Å². The fourth-order valence-corrected chi connectivity index (χ4v) is 1.11. The van der Waals surface area contributed by atoms with Gasteiger partial charge in [-0.2, -0.15) is 13.2 Å². The number of nitrogen functional groups attached to an aromatic ring is 1. The Kier molecular flexibility index (Phi) is 4.30. The molecule has 17 heavy (non-hydrogen) atoms. The summed E-state index contributed by atoms with van der Waals surface area (Å²) in [6.45, 7) is -0.0755. The zero-order valence-corrected chi connectivity index (χ0v) is 8.92. The van der Waals surface area contributed by atoms with Crippen molar-refractivity contribution in [1.29, 1.82) is 5.41 Å². The molecule has 7 heteroatoms. The molecule has 0 saturated heterocycles. The predicted molar refractivity (Wildman–Crippen MR) is 56.0 cm³/mol. The maximum absolute atomic E-state index is 11.8. The molecule has 0 saturated carbocycles. The number of hydrogen-bond donors (Lipinski definition) is 2. The van der Waals surface area contributed by atoms with Crippen molar-refractivity contribution in [1.82, 2.24) is 4.98 Å². The van der Waals surface area contributed by atoms with Crippen molar-refractivity contribution >= 4 is 5.84 Å². The predicted octanol–water partition coefficient (Wildman–Crippen LogP) is 2.09. The van der Waals surface area contributed by atoms with Crippen molar-refractivity contribution < 1.29 is 17.9 Å². The largest absolute Gasteiger partial charge is 0.478 e. The highest BCUT2D eigenvalue weighted by Crippen LogP contribution is 2.21. The molecule has 1 heterocycles. The minimum Gasteiger partial charge on any atom is -0.478 e. The smallest absolute Gasteiger partial charge is 0.389 e. The van der Waals surface area contributed by atoms with Gasteiger partial charge < -0.3 is 10.5 Å². The van der Waals surface area contributed by atoms with Crippen LogP contribution in [0.15, 0.2) is 18.3 Å². The second kappa shape index (κ2) is 5.51. The quantitative estimate of drug-likeness (QED) is 0.475. The molecule has 3 N–H and O–H groups in total. The van der Waals surface area contributed by atoms with Crippen LogP contribution in [0.3, 0.4) is 0 Å². The number of rotatable bonds is 5. The van der Waals surface area contributed by atoms with E-state index in [1.165, 1.54) is 18.3 Å². The third kappa shape index (κ3) is 5.19. The Bertz CT molecular complexity index is 393. The number of alkyl halides is 3. The zero-order chi connectivity index (χ0) is 12.9. The molecule has 0 atom stereocenters. The number of amidine groups is 1. The molecule has 0 aliphatic carbocycles. The van der Waals surface area contributed by atoms with Gasteiger partial charge in [0.1, 0.15) is 5.84 Å². The summed E-state index contributed by atoms with van der Waals surface area (Å²) < 4.78 is 40.5. The summed E-state index contributed by atoms with van der Waals surface area (Å²) in [6, 6.07) is 2.93. The van der Waals surface area contributed by atoms with Crippen molar-refractivity contribution in [3.05, 3.63) is 23.9 Å². The molecule has 1 aromatic rings. The van der Waals surface area contributed by atoms with Crippen molar-refractivity contribution in [3.63, 3.8) is 0 Å². The first-order chi connectivity index (χ1) is 7.88. The molecular weight excluding hydrogens is 235 g/mol. The van der Waals surface area contributed by atoms with Gasteiger partial charge in [0.2, 0.25) is 5.88 Å². The lowest BCUT2D eigenvalue weighted by atomic mass is 10.2. The summed E-state index contributed by atoms with van der Waals surface area (Å²) in [4.78, 5) is 3.80. The number of aromatic nitrogens is 1. The number of hydrogen-bond acceptors (Lipinski definition) is 3. The SMILES string of the molecule is N=C(N)c1ccnc(OCCCC(F)(F)F)c1. The van der Waals surface area contributed by atoms with Crippen molar-refractivity contribution in [2.24, 2.45) is 5.73 Å². The Morgan fingerprint density at radius 1 is 1.47 bits per heavy atom. The first-order valence-corrected chi connectivity index (χ1v) is 4.88. The van der Waals surface area contributed by atoms with Gasteiger partial charge in [0.25, 0.3) is 0 Å². The summed E-state index contributed by atoms with van der Waals surface area (Å²) in [6.07, 6.45) is -3.80. The number of nitrogens with zero attached hydrogens (tertiary/aromatic N) is 1. The molecule has 0 bridgehead atoms. The summed E-state index contributed by atoms with van der Waals surface area (Å²) in [5.74, 6) is 0.0208. The molecular formula is C10H12F3N3O. The Balaban J connectivity index is 2.42. The van der Waals surface area contributed by atoms with Crippen LogP contribution in [0.4, 0.5) is 13.2 Å². The first kappa shape index (κ1) is 13.3. The molecule has 0 aliphatic heterocycles. The van der Waals surface area contributed by atoms with E-state index in [1.807, 2.05) is 0 Å². The summed E-state index contributed by atoms with van der Waals surface area (Å²) in [5.41, 5.74) is 5.67. The molecule has 0 unspecified atom stereocenters. The first-order valence-electron chi connectivity index (χ1n) is 4.88. The van der Waals surface area contributed by atoms with Gasteiger partial charge in [-0.05, 0) is 12.5 Å². The van der Waals surface area contributed by atoms with E-state index in [9.17, 15) is 13.2 Å². The lowest BCUT2D eigenvalue weighted by Crippen LogP contribution is -2.12. The lowest BCUT2D eigenvalue weighted by molar-refractivity contribution is -0.136. The van der Waals surface area contributed by atoms with Crippen LogP contribution in [0.5, 0.6) is 5.88 Å². The fourth-order valence-electron chi connectivity index (χ4n) is 1.11. The van der Waals surface area contributed by atoms with E-state index in [4.69, 9.17) is 15.9 Å². The topological polar surface area (TPSA) is 72.0 Å². The van der Waals surface area contributed by atoms with Crippen molar-refractivity contribution in [2.75, 3.05) is 6.61 Å². The number of ether oxygens (including phenoxy) is 1. The number of halogens is 3. The van der Waals surface area contributed by atoms with Gasteiger partial charge in [-0.1, -0.05) is 0 Å². The van der Waals surface area contributed by atoms with Crippen LogP contribution in [0.25, 0.3) is 0 Å². The Morgan fingerprint density at radius 3 is 2.76 bits per heavy atom. The van der Waals surface area contributed by atoms with E-state index in [0.717, 1.165) is 0 Å². The molecule has 1 aromatic heterocycles. The molecule has 0 fully saturated rings. The van der Waals surface area contributed by atoms with Crippen LogP contribution in [0.2, 0.25) is 0 Å². The van der Waals surface area contributed by atoms with Gasteiger partial charge >= 0.3 is 6.18 Å². The maximum Gasteiger partial charge on any atom is 0.389 e. The van der Waals surface area contributed by atoms with E-state index in [-0.39, 0.29) is 24.7 Å². The molecule has 0 radical (unpaired) electrons. The standard InChI is InChI=1S/C10H12F3N3O/c11-10(12,13)3-1-5-17-8-6-7(9(14)15)2-4-16-8/h2,4,6H,1,3,5H2,(H3,14,15). The second-order valence-corrected chi connectivity index (χ2v) is 3.36. The third-order valence-corrected chi connectivity index (χ3v) is 1.90. The molecule has 1 rings (SSSR count). The van der Waals surface area contributed by atoms with E-state index >= 15 is 0 Å². The summed E-state index contributed by atoms with van der Waals surface area (Å²) in [7, 11) is 0. The maximum atomic E-state index is 11.8. The van der Waals surface area contributed by atoms with E-state index in [2.05, 4.69) is 4.98 Å². The van der Waals surface area contributed by atoms with Gasteiger partial charge in [0.15, 0.2) is 0 Å². The van der Waals surface area contributed by atoms with E-state index < -0.39 is 12.6 Å². The van der Waals surface area contributed by atoms with E-state index in [0.29, 0.717) is 5.56 Å². The monoisotopic (exact) mass is 247 g/mol. The van der Waals surface area contributed by atoms with Crippen LogP contribution < -0.4 is 10.5 Å². The van der Waals surface area contributed by atoms with Gasteiger partial charge in [0, 0.05) is 24.2 Å². The molecule has 4 nitrogen and oxygen atoms in total. The summed E-state index contributed by atoms with van der Waals surface area (Å²) >= 11 is 0. The van der Waals surface area contributed by atoms with Gasteiger partial charge in [-0.25, -0.2) is 4.98 Å². The van der Waals surface area contributed by atoms with Crippen molar-refractivity contribution in [3.8, 4) is 5.88 Å². The molecule has 94 valence electrons. The minimum atomic E-state index is -4.17. The highest BCUT2D eigenvalue weighted by molar-refractivity contribution is 5.95. The Labute approximate surface area is 96.1 Å². The van der Waals surface area contributed by atoms with Crippen LogP contribution in [0, 0.1) is 5.41 Å². The minimum absolute atomic E-state index is 0.0755. The van der Waals surface area contributed by atoms with Gasteiger partial charge in [0.05, 0.1) is 6.61 Å². The molecule has 0 amide bonds. The molecule has 0 aliphatic rings. The van der Waals surface area contributed by atoms with E-state index in [1.54, 1.807) is 0 Å². The Hall–Kier alpha value is -1.79. The molecule has 0 spiro atoms. The van der Waals surface area contributed by atoms with Crippen LogP contribution >= 0.6 is 0 Å². The zero-order valence-electron chi connectivity index (χ0n) is 8.92. The average molecular weight is 247 g/mol. The summed E-state index contributed by atoms with van der Waals surface area (Å²) in [5, 5.41) is 7.17. The second-order valence-electron chi connectivity index (χ2n) is 3.36. The third-order valence-electron chi connectivity index (χ3n) is 1.90. The highest BCUT2D eigenvalue weighted by atomic mass is 19.4. The van der Waals surface area contributed by atoms with Crippen molar-refractivity contribution in [2.45, 2.75) is 19.0 Å². The average Bonchev–Trinajstić information content (AvgIpc) is 2.23. The highest BCUT2D eigenvalue weighted by Gasteiger charge is 2.26. The van der Waals surface area contributed by atoms with Gasteiger partial charge in [-0.3, -0.25) is 5.41 Å². The number of pyridine rings is 1. The number of nitrogens with one attached hydrogen (secondary N) is 1. The number of nitrogens with two attached hydrogens (primary N) is 1. The fraction of sp³-hybridized carbons (Fsp3) is 0.400. The lowest BCUT2D eigenvalue weighted by Gasteiger charge is -2.08. The Morgan fingerprint density at radius 2 is 2.18 bits per heavy atom. The van der Waals surface area contributed by atoms with Crippen LogP contribution in [-0.2, 0) is 0 Å². The van der Waals surface area contributed by atoms with Crippen LogP contribution in [0.1, 0.15) is 18.4 Å². The molecule has 0 aromatic carbocycles. The van der Waals surface area contributed by atoms with Crippen LogP contribution in [-0.4, -0.2) is 23.6 Å².